The Balaban J connectivity index is 1.90. The van der Waals surface area contributed by atoms with Crippen LogP contribution in [-0.4, -0.2) is 22.7 Å². The lowest BCUT2D eigenvalue weighted by molar-refractivity contribution is 0.345. The second kappa shape index (κ2) is 5.54. The van der Waals surface area contributed by atoms with E-state index in [4.69, 9.17) is 0 Å². The summed E-state index contributed by atoms with van der Waals surface area (Å²) >= 11 is 2.00. The maximum atomic E-state index is 9.75. The van der Waals surface area contributed by atoms with Gasteiger partial charge in [-0.05, 0) is 49.6 Å². The minimum absolute atomic E-state index is 0.429. The third-order valence-electron chi connectivity index (χ3n) is 4.02. The Morgan fingerprint density at radius 1 is 1.28 bits per heavy atom. The van der Waals surface area contributed by atoms with E-state index in [0.29, 0.717) is 10.5 Å². The highest BCUT2D eigenvalue weighted by atomic mass is 32.2. The minimum atomic E-state index is 0.429. The van der Waals surface area contributed by atoms with Crippen molar-refractivity contribution in [2.24, 2.45) is 0 Å². The number of benzene rings is 1. The van der Waals surface area contributed by atoms with Gasteiger partial charge < -0.3 is 10.4 Å². The van der Waals surface area contributed by atoms with Crippen LogP contribution in [0, 0.1) is 13.8 Å². The molecule has 0 radical (unpaired) electrons. The zero-order valence-electron chi connectivity index (χ0n) is 11.5. The molecule has 2 rings (SSSR count). The maximum Gasteiger partial charge on any atom is 0.121 e. The molecule has 1 aliphatic carbocycles. The Hall–Kier alpha value is -0.670. The highest BCUT2D eigenvalue weighted by Crippen LogP contribution is 2.42. The average Bonchev–Trinajstić information content (AvgIpc) is 2.29. The molecule has 1 fully saturated rings. The summed E-state index contributed by atoms with van der Waals surface area (Å²) in [6.07, 6.45) is 6.28. The standard InChI is InChI=1S/C15H23NOS/c1-11-7-13(8-12(2)14(11)17)9-16-10-15(18-3)5-4-6-15/h7-8,16-17H,4-6,9-10H2,1-3H3. The number of hydrogen-bond acceptors (Lipinski definition) is 3. The summed E-state index contributed by atoms with van der Waals surface area (Å²) in [7, 11) is 0. The molecule has 0 spiro atoms. The van der Waals surface area contributed by atoms with Gasteiger partial charge >= 0.3 is 0 Å². The van der Waals surface area contributed by atoms with E-state index in [1.807, 2.05) is 25.6 Å². The van der Waals surface area contributed by atoms with E-state index in [1.54, 1.807) is 0 Å². The van der Waals surface area contributed by atoms with Crippen LogP contribution in [0.3, 0.4) is 0 Å². The maximum absolute atomic E-state index is 9.75. The first-order valence-electron chi connectivity index (χ1n) is 6.61. The summed E-state index contributed by atoms with van der Waals surface area (Å²) in [6, 6.07) is 4.14. The summed E-state index contributed by atoms with van der Waals surface area (Å²) in [5.41, 5.74) is 3.20. The van der Waals surface area contributed by atoms with Crippen LogP contribution in [0.1, 0.15) is 36.0 Å². The quantitative estimate of drug-likeness (QED) is 0.856. The molecule has 1 aromatic carbocycles. The van der Waals surface area contributed by atoms with Gasteiger partial charge in [-0.2, -0.15) is 11.8 Å². The van der Waals surface area contributed by atoms with E-state index in [-0.39, 0.29) is 0 Å². The first-order valence-corrected chi connectivity index (χ1v) is 7.84. The Labute approximate surface area is 114 Å². The molecule has 100 valence electrons. The van der Waals surface area contributed by atoms with Crippen molar-refractivity contribution in [1.29, 1.82) is 0 Å². The zero-order valence-corrected chi connectivity index (χ0v) is 12.4. The summed E-state index contributed by atoms with van der Waals surface area (Å²) < 4.78 is 0.487. The molecule has 2 N–H and O–H groups in total. The molecular weight excluding hydrogens is 242 g/mol. The van der Waals surface area contributed by atoms with Gasteiger partial charge in [0.05, 0.1) is 0 Å². The number of phenols is 1. The van der Waals surface area contributed by atoms with Crippen molar-refractivity contribution in [3.63, 3.8) is 0 Å². The Morgan fingerprint density at radius 3 is 2.33 bits per heavy atom. The van der Waals surface area contributed by atoms with Crippen molar-refractivity contribution in [3.05, 3.63) is 28.8 Å². The second-order valence-corrected chi connectivity index (χ2v) is 6.70. The highest BCUT2D eigenvalue weighted by Gasteiger charge is 2.35. The molecule has 1 aliphatic rings. The fourth-order valence-corrected chi connectivity index (χ4v) is 3.55. The molecule has 1 aromatic rings. The van der Waals surface area contributed by atoms with Crippen molar-refractivity contribution in [1.82, 2.24) is 5.32 Å². The van der Waals surface area contributed by atoms with Crippen LogP contribution in [0.15, 0.2) is 12.1 Å². The van der Waals surface area contributed by atoms with Crippen LogP contribution in [0.5, 0.6) is 5.75 Å². The molecular formula is C15H23NOS. The van der Waals surface area contributed by atoms with E-state index >= 15 is 0 Å². The largest absolute Gasteiger partial charge is 0.507 e. The summed E-state index contributed by atoms with van der Waals surface area (Å²) in [4.78, 5) is 0. The van der Waals surface area contributed by atoms with Crippen molar-refractivity contribution >= 4 is 11.8 Å². The number of nitrogens with one attached hydrogen (secondary N) is 1. The van der Waals surface area contributed by atoms with Crippen LogP contribution in [0.25, 0.3) is 0 Å². The fraction of sp³-hybridized carbons (Fsp3) is 0.600. The van der Waals surface area contributed by atoms with E-state index in [1.165, 1.54) is 24.8 Å². The van der Waals surface area contributed by atoms with Gasteiger partial charge in [0.2, 0.25) is 0 Å². The molecule has 3 heteroatoms. The second-order valence-electron chi connectivity index (χ2n) is 5.42. The van der Waals surface area contributed by atoms with E-state index in [9.17, 15) is 5.11 Å². The number of phenolic OH excluding ortho intramolecular Hbond substituents is 1. The number of aryl methyl sites for hydroxylation is 2. The summed E-state index contributed by atoms with van der Waals surface area (Å²) in [5, 5.41) is 13.3. The predicted molar refractivity (Wildman–Crippen MR) is 79.4 cm³/mol. The van der Waals surface area contributed by atoms with Crippen LogP contribution < -0.4 is 5.32 Å². The predicted octanol–water partition coefficient (Wildman–Crippen LogP) is 3.38. The average molecular weight is 265 g/mol. The van der Waals surface area contributed by atoms with Gasteiger partial charge in [-0.15, -0.1) is 0 Å². The Bertz CT molecular complexity index is 398. The van der Waals surface area contributed by atoms with Gasteiger partial charge in [0.15, 0.2) is 0 Å². The lowest BCUT2D eigenvalue weighted by Gasteiger charge is -2.40. The van der Waals surface area contributed by atoms with Crippen LogP contribution in [0.4, 0.5) is 0 Å². The third-order valence-corrected chi connectivity index (χ3v) is 5.44. The van der Waals surface area contributed by atoms with Gasteiger partial charge in [-0.3, -0.25) is 0 Å². The molecule has 0 heterocycles. The molecule has 0 bridgehead atoms. The number of rotatable bonds is 5. The zero-order chi connectivity index (χ0) is 13.2. The molecule has 2 nitrogen and oxygen atoms in total. The third kappa shape index (κ3) is 2.83. The summed E-state index contributed by atoms with van der Waals surface area (Å²) in [6.45, 7) is 5.90. The molecule has 0 saturated heterocycles. The molecule has 0 unspecified atom stereocenters. The van der Waals surface area contributed by atoms with Crippen LogP contribution >= 0.6 is 11.8 Å². The van der Waals surface area contributed by atoms with Crippen LogP contribution in [0.2, 0.25) is 0 Å². The smallest absolute Gasteiger partial charge is 0.121 e. The monoisotopic (exact) mass is 265 g/mol. The van der Waals surface area contributed by atoms with Gasteiger partial charge in [-0.25, -0.2) is 0 Å². The minimum Gasteiger partial charge on any atom is -0.507 e. The topological polar surface area (TPSA) is 32.3 Å². The number of thioether (sulfide) groups is 1. The Kier molecular flexibility index (Phi) is 4.23. The summed E-state index contributed by atoms with van der Waals surface area (Å²) in [5.74, 6) is 0.429. The Morgan fingerprint density at radius 2 is 1.89 bits per heavy atom. The molecule has 18 heavy (non-hydrogen) atoms. The first-order chi connectivity index (χ1) is 8.56. The molecule has 0 aromatic heterocycles. The van der Waals surface area contributed by atoms with E-state index < -0.39 is 0 Å². The lowest BCUT2D eigenvalue weighted by atomic mass is 9.84. The number of hydrogen-bond donors (Lipinski definition) is 2. The van der Waals surface area contributed by atoms with Crippen molar-refractivity contribution in [3.8, 4) is 5.75 Å². The van der Waals surface area contributed by atoms with Gasteiger partial charge in [0.1, 0.15) is 5.75 Å². The van der Waals surface area contributed by atoms with Crippen molar-refractivity contribution < 1.29 is 5.11 Å². The highest BCUT2D eigenvalue weighted by molar-refractivity contribution is 8.00. The normalized spacial score (nSPS) is 17.5. The first kappa shape index (κ1) is 13.8. The van der Waals surface area contributed by atoms with Crippen molar-refractivity contribution in [2.75, 3.05) is 12.8 Å². The number of aromatic hydroxyl groups is 1. The van der Waals surface area contributed by atoms with Gasteiger partial charge in [-0.1, -0.05) is 18.6 Å². The van der Waals surface area contributed by atoms with E-state index in [2.05, 4.69) is 23.7 Å². The fourth-order valence-electron chi connectivity index (χ4n) is 2.61. The van der Waals surface area contributed by atoms with Gasteiger partial charge in [0.25, 0.3) is 0 Å². The molecule has 1 saturated carbocycles. The lowest BCUT2D eigenvalue weighted by Crippen LogP contribution is -2.43. The molecule has 0 amide bonds. The SMILES string of the molecule is CSC1(CNCc2cc(C)c(O)c(C)c2)CCC1. The molecule has 0 aliphatic heterocycles. The van der Waals surface area contributed by atoms with Crippen molar-refractivity contribution in [2.45, 2.75) is 44.4 Å². The van der Waals surface area contributed by atoms with Crippen LogP contribution in [-0.2, 0) is 6.54 Å². The molecule has 0 atom stereocenters. The van der Waals surface area contributed by atoms with Gasteiger partial charge in [0, 0.05) is 17.8 Å². The van der Waals surface area contributed by atoms with E-state index in [0.717, 1.165) is 24.2 Å².